The van der Waals surface area contributed by atoms with Gasteiger partial charge >= 0.3 is 0 Å². The molecule has 0 radical (unpaired) electrons. The largest absolute Gasteiger partial charge is 0.489 e. The minimum absolute atomic E-state index is 0.396. The van der Waals surface area contributed by atoms with Crippen LogP contribution in [0.2, 0.25) is 5.15 Å². The third-order valence-electron chi connectivity index (χ3n) is 3.68. The molecule has 16 heavy (non-hydrogen) atoms. The Morgan fingerprint density at radius 1 is 1.69 bits per heavy atom. The first kappa shape index (κ1) is 10.4. The van der Waals surface area contributed by atoms with E-state index in [4.69, 9.17) is 16.3 Å². The summed E-state index contributed by atoms with van der Waals surface area (Å²) >= 11 is 5.92. The van der Waals surface area contributed by atoms with Gasteiger partial charge in [0.05, 0.1) is 0 Å². The Morgan fingerprint density at radius 3 is 3.25 bits per heavy atom. The van der Waals surface area contributed by atoms with Gasteiger partial charge in [-0.25, -0.2) is 4.98 Å². The molecule has 1 saturated carbocycles. The summed E-state index contributed by atoms with van der Waals surface area (Å²) in [5.41, 5.74) is 0.396. The number of nitrogens with zero attached hydrogens (tertiary/aromatic N) is 1. The maximum Gasteiger partial charge on any atom is 0.171 e. The van der Waals surface area contributed by atoms with Gasteiger partial charge in [-0.05, 0) is 37.8 Å². The fraction of sp³-hybridized carbons (Fsp3) is 0.583. The molecule has 86 valence electrons. The topological polar surface area (TPSA) is 34.1 Å². The second kappa shape index (κ2) is 3.60. The van der Waals surface area contributed by atoms with E-state index in [0.29, 0.717) is 29.1 Å². The molecule has 0 aromatic carbocycles. The Hall–Kier alpha value is -0.800. The minimum atomic E-state index is 0.396. The van der Waals surface area contributed by atoms with E-state index in [1.54, 1.807) is 6.20 Å². The molecule has 2 aliphatic rings. The van der Waals surface area contributed by atoms with E-state index >= 15 is 0 Å². The molecule has 2 fully saturated rings. The molecule has 1 aliphatic carbocycles. The highest BCUT2D eigenvalue weighted by Crippen LogP contribution is 2.51. The van der Waals surface area contributed by atoms with Crippen LogP contribution >= 0.6 is 11.6 Å². The van der Waals surface area contributed by atoms with E-state index in [0.717, 1.165) is 5.92 Å². The Kier molecular flexibility index (Phi) is 2.33. The maximum absolute atomic E-state index is 5.92. The standard InChI is InChI=1S/C12H15ClN2O/c1-12-6-8(12)5-9(15-12)7-16-10-3-2-4-14-11(10)13/h2-4,8-9,15H,5-7H2,1H3/t8-,9?,12+/m0/s1. The highest BCUT2D eigenvalue weighted by atomic mass is 35.5. The van der Waals surface area contributed by atoms with Gasteiger partial charge in [0.25, 0.3) is 0 Å². The molecule has 1 aromatic heterocycles. The van der Waals surface area contributed by atoms with Gasteiger partial charge in [0, 0.05) is 17.8 Å². The molecule has 0 spiro atoms. The number of nitrogens with one attached hydrogen (secondary N) is 1. The SMILES string of the molecule is C[C@@]12C[C@@H]1CC(COc1cccnc1Cl)N2. The Bertz CT molecular complexity index is 412. The predicted molar refractivity (Wildman–Crippen MR) is 62.8 cm³/mol. The van der Waals surface area contributed by atoms with Crippen LogP contribution in [-0.2, 0) is 0 Å². The number of piperidine rings is 1. The van der Waals surface area contributed by atoms with Gasteiger partial charge in [0.15, 0.2) is 10.9 Å². The minimum Gasteiger partial charge on any atom is -0.489 e. The van der Waals surface area contributed by atoms with Crippen LogP contribution in [0.15, 0.2) is 18.3 Å². The number of aromatic nitrogens is 1. The van der Waals surface area contributed by atoms with E-state index in [9.17, 15) is 0 Å². The molecule has 1 aromatic rings. The van der Waals surface area contributed by atoms with Crippen LogP contribution in [0.25, 0.3) is 0 Å². The first-order valence-corrected chi connectivity index (χ1v) is 6.06. The zero-order valence-electron chi connectivity index (χ0n) is 9.24. The maximum atomic E-state index is 5.92. The number of pyridine rings is 1. The van der Waals surface area contributed by atoms with Crippen LogP contribution in [0.3, 0.4) is 0 Å². The van der Waals surface area contributed by atoms with Crippen molar-refractivity contribution in [1.29, 1.82) is 0 Å². The molecule has 1 saturated heterocycles. The molecule has 3 nitrogen and oxygen atoms in total. The lowest BCUT2D eigenvalue weighted by molar-refractivity contribution is 0.261. The molecular formula is C12H15ClN2O. The van der Waals surface area contributed by atoms with Crippen molar-refractivity contribution in [2.75, 3.05) is 6.61 Å². The van der Waals surface area contributed by atoms with Gasteiger partial charge in [0.1, 0.15) is 6.61 Å². The van der Waals surface area contributed by atoms with Crippen LogP contribution in [0.4, 0.5) is 0 Å². The number of rotatable bonds is 3. The normalized spacial score (nSPS) is 35.9. The van der Waals surface area contributed by atoms with Gasteiger partial charge in [-0.15, -0.1) is 0 Å². The number of ether oxygens (including phenoxy) is 1. The Labute approximate surface area is 100 Å². The molecule has 0 bridgehead atoms. The fourth-order valence-electron chi connectivity index (χ4n) is 2.62. The van der Waals surface area contributed by atoms with Gasteiger partial charge in [0.2, 0.25) is 0 Å². The summed E-state index contributed by atoms with van der Waals surface area (Å²) in [5.74, 6) is 1.53. The molecule has 3 atom stereocenters. The lowest BCUT2D eigenvalue weighted by Crippen LogP contribution is -2.36. The quantitative estimate of drug-likeness (QED) is 0.821. The third-order valence-corrected chi connectivity index (χ3v) is 3.96. The Morgan fingerprint density at radius 2 is 2.56 bits per heavy atom. The van der Waals surface area contributed by atoms with Crippen molar-refractivity contribution in [2.45, 2.75) is 31.3 Å². The van der Waals surface area contributed by atoms with E-state index in [1.165, 1.54) is 12.8 Å². The first-order valence-electron chi connectivity index (χ1n) is 5.68. The average Bonchev–Trinajstić information content (AvgIpc) is 2.77. The van der Waals surface area contributed by atoms with Crippen LogP contribution in [-0.4, -0.2) is 23.2 Å². The smallest absolute Gasteiger partial charge is 0.171 e. The van der Waals surface area contributed by atoms with Crippen molar-refractivity contribution < 1.29 is 4.74 Å². The molecule has 1 aliphatic heterocycles. The zero-order valence-corrected chi connectivity index (χ0v) is 10.00. The van der Waals surface area contributed by atoms with E-state index < -0.39 is 0 Å². The van der Waals surface area contributed by atoms with Gasteiger partial charge in [-0.2, -0.15) is 0 Å². The second-order valence-electron chi connectivity index (χ2n) is 5.00. The number of hydrogen-bond acceptors (Lipinski definition) is 3. The first-order chi connectivity index (χ1) is 7.67. The summed E-state index contributed by atoms with van der Waals surface area (Å²) in [6.45, 7) is 2.96. The molecule has 1 unspecified atom stereocenters. The van der Waals surface area contributed by atoms with Crippen LogP contribution < -0.4 is 10.1 Å². The summed E-state index contributed by atoms with van der Waals surface area (Å²) in [7, 11) is 0. The van der Waals surface area contributed by atoms with Gasteiger partial charge < -0.3 is 10.1 Å². The van der Waals surface area contributed by atoms with Crippen molar-refractivity contribution in [3.63, 3.8) is 0 Å². The predicted octanol–water partition coefficient (Wildman–Crippen LogP) is 2.25. The molecule has 3 rings (SSSR count). The Balaban J connectivity index is 1.56. The molecule has 0 amide bonds. The lowest BCUT2D eigenvalue weighted by Gasteiger charge is -2.17. The van der Waals surface area contributed by atoms with E-state index in [2.05, 4.69) is 17.2 Å². The van der Waals surface area contributed by atoms with Crippen LogP contribution in [0, 0.1) is 5.92 Å². The molecule has 4 heteroatoms. The van der Waals surface area contributed by atoms with Crippen LogP contribution in [0.1, 0.15) is 19.8 Å². The highest BCUT2D eigenvalue weighted by Gasteiger charge is 2.56. The van der Waals surface area contributed by atoms with Crippen molar-refractivity contribution in [2.24, 2.45) is 5.92 Å². The number of hydrogen-bond donors (Lipinski definition) is 1. The summed E-state index contributed by atoms with van der Waals surface area (Å²) in [6, 6.07) is 4.15. The number of halogens is 1. The molecule has 2 heterocycles. The average molecular weight is 239 g/mol. The van der Waals surface area contributed by atoms with E-state index in [-0.39, 0.29) is 0 Å². The number of fused-ring (bicyclic) bond motifs is 1. The van der Waals surface area contributed by atoms with Crippen molar-refractivity contribution in [3.8, 4) is 5.75 Å². The van der Waals surface area contributed by atoms with Crippen LogP contribution in [0.5, 0.6) is 5.75 Å². The van der Waals surface area contributed by atoms with Crippen molar-refractivity contribution in [1.82, 2.24) is 10.3 Å². The lowest BCUT2D eigenvalue weighted by atomic mass is 10.2. The summed E-state index contributed by atoms with van der Waals surface area (Å²) in [4.78, 5) is 3.98. The monoisotopic (exact) mass is 238 g/mol. The fourth-order valence-corrected chi connectivity index (χ4v) is 2.79. The molecule has 1 N–H and O–H groups in total. The molecular weight excluding hydrogens is 224 g/mol. The summed E-state index contributed by atoms with van der Waals surface area (Å²) in [6.07, 6.45) is 4.20. The van der Waals surface area contributed by atoms with E-state index in [1.807, 2.05) is 12.1 Å². The van der Waals surface area contributed by atoms with Gasteiger partial charge in [-0.1, -0.05) is 11.6 Å². The highest BCUT2D eigenvalue weighted by molar-refractivity contribution is 6.30. The second-order valence-corrected chi connectivity index (χ2v) is 5.36. The van der Waals surface area contributed by atoms with Crippen molar-refractivity contribution in [3.05, 3.63) is 23.5 Å². The van der Waals surface area contributed by atoms with Gasteiger partial charge in [-0.3, -0.25) is 0 Å². The third kappa shape index (κ3) is 1.78. The van der Waals surface area contributed by atoms with Crippen molar-refractivity contribution >= 4 is 11.6 Å². The summed E-state index contributed by atoms with van der Waals surface area (Å²) < 4.78 is 5.68. The zero-order chi connectivity index (χ0) is 11.2. The summed E-state index contributed by atoms with van der Waals surface area (Å²) in [5, 5.41) is 4.05.